The van der Waals surface area contributed by atoms with Crippen LogP contribution < -0.4 is 5.56 Å². The van der Waals surface area contributed by atoms with Gasteiger partial charge >= 0.3 is 0 Å². The van der Waals surface area contributed by atoms with Gasteiger partial charge in [0.1, 0.15) is 11.8 Å². The Balaban J connectivity index is 1.50. The number of H-pyrrole nitrogens is 1. The number of nitrogens with zero attached hydrogens (tertiary/aromatic N) is 5. The number of furan rings is 1. The Labute approximate surface area is 224 Å². The number of fused-ring (bicyclic) bond motifs is 1. The van der Waals surface area contributed by atoms with Crippen molar-refractivity contribution in [2.75, 3.05) is 6.61 Å². The maximum absolute atomic E-state index is 13.7. The third kappa shape index (κ3) is 5.20. The predicted molar refractivity (Wildman–Crippen MR) is 145 cm³/mol. The minimum absolute atomic E-state index is 0.0516. The first kappa shape index (κ1) is 24.7. The molecule has 1 fully saturated rings. The maximum Gasteiger partial charge on any atom is 0.253 e. The highest BCUT2D eigenvalue weighted by atomic mass is 32.1. The summed E-state index contributed by atoms with van der Waals surface area (Å²) in [5.41, 5.74) is 2.46. The van der Waals surface area contributed by atoms with Crippen LogP contribution in [0.1, 0.15) is 53.4 Å². The van der Waals surface area contributed by atoms with Gasteiger partial charge in [0.15, 0.2) is 5.82 Å². The van der Waals surface area contributed by atoms with Gasteiger partial charge < -0.3 is 14.1 Å². The Morgan fingerprint density at radius 1 is 1.21 bits per heavy atom. The SMILES string of the molecule is CCc1ccc2[nH]c(=O)c([C@@H](c3nnnn3C[C@H]3CCCO3)N(Cc3ccco3)Cc3cccs3)cc2c1. The number of pyridine rings is 1. The molecule has 10 heteroatoms. The Morgan fingerprint density at radius 3 is 2.92 bits per heavy atom. The molecule has 196 valence electrons. The molecule has 1 aromatic carbocycles. The number of hydrogen-bond acceptors (Lipinski definition) is 8. The third-order valence-corrected chi connectivity index (χ3v) is 7.95. The van der Waals surface area contributed by atoms with E-state index >= 15 is 0 Å². The third-order valence-electron chi connectivity index (χ3n) is 7.09. The minimum Gasteiger partial charge on any atom is -0.468 e. The van der Waals surface area contributed by atoms with Crippen molar-refractivity contribution < 1.29 is 9.15 Å². The second-order valence-corrected chi connectivity index (χ2v) is 10.7. The highest BCUT2D eigenvalue weighted by molar-refractivity contribution is 7.09. The number of aromatic amines is 1. The van der Waals surface area contributed by atoms with Gasteiger partial charge in [0.2, 0.25) is 0 Å². The molecule has 1 N–H and O–H groups in total. The maximum atomic E-state index is 13.7. The fourth-order valence-corrected chi connectivity index (χ4v) is 5.89. The highest BCUT2D eigenvalue weighted by Crippen LogP contribution is 2.31. The minimum atomic E-state index is -0.517. The summed E-state index contributed by atoms with van der Waals surface area (Å²) < 4.78 is 13.4. The molecular formula is C28H30N6O3S. The molecule has 5 aromatic rings. The van der Waals surface area contributed by atoms with Crippen LogP contribution in [-0.4, -0.2) is 42.8 Å². The van der Waals surface area contributed by atoms with E-state index < -0.39 is 6.04 Å². The van der Waals surface area contributed by atoms with Gasteiger partial charge in [-0.2, -0.15) is 0 Å². The lowest BCUT2D eigenvalue weighted by Crippen LogP contribution is -2.35. The van der Waals surface area contributed by atoms with Crippen LogP contribution in [-0.2, 0) is 30.8 Å². The zero-order chi connectivity index (χ0) is 25.9. The standard InChI is InChI=1S/C28H30N6O3S/c1-2-19-9-10-25-20(14-19)15-24(28(35)29-25)26(27-30-31-32-34(27)17-22-7-4-12-37-22)33(16-21-6-3-11-36-21)18-23-8-5-13-38-23/h3,5-6,8-11,13-15,22,26H,2,4,7,12,16-18H2,1H3,(H,29,35)/t22-,26+/m1/s1. The van der Waals surface area contributed by atoms with Crippen molar-refractivity contribution in [2.45, 2.75) is 58.0 Å². The van der Waals surface area contributed by atoms with E-state index in [0.29, 0.717) is 31.0 Å². The molecule has 38 heavy (non-hydrogen) atoms. The molecule has 1 aliphatic heterocycles. The van der Waals surface area contributed by atoms with Crippen molar-refractivity contribution in [2.24, 2.45) is 0 Å². The van der Waals surface area contributed by atoms with Crippen LogP contribution in [0.5, 0.6) is 0 Å². The molecule has 0 saturated carbocycles. The molecule has 0 amide bonds. The zero-order valence-electron chi connectivity index (χ0n) is 21.2. The molecule has 1 saturated heterocycles. The molecule has 4 aromatic heterocycles. The number of thiophene rings is 1. The van der Waals surface area contributed by atoms with Crippen LogP contribution in [0.2, 0.25) is 0 Å². The van der Waals surface area contributed by atoms with Gasteiger partial charge in [0, 0.05) is 29.1 Å². The van der Waals surface area contributed by atoms with Crippen LogP contribution in [0.15, 0.2) is 69.4 Å². The summed E-state index contributed by atoms with van der Waals surface area (Å²) in [6.45, 7) is 4.50. The van der Waals surface area contributed by atoms with Gasteiger partial charge in [-0.25, -0.2) is 4.68 Å². The van der Waals surface area contributed by atoms with Crippen LogP contribution in [0.3, 0.4) is 0 Å². The average molecular weight is 531 g/mol. The lowest BCUT2D eigenvalue weighted by Gasteiger charge is -2.30. The van der Waals surface area contributed by atoms with Gasteiger partial charge in [-0.15, -0.1) is 16.4 Å². The smallest absolute Gasteiger partial charge is 0.253 e. The van der Waals surface area contributed by atoms with Crippen molar-refractivity contribution in [3.8, 4) is 0 Å². The van der Waals surface area contributed by atoms with E-state index in [4.69, 9.17) is 9.15 Å². The fraction of sp³-hybridized carbons (Fsp3) is 0.357. The largest absolute Gasteiger partial charge is 0.468 e. The van der Waals surface area contributed by atoms with E-state index in [2.05, 4.69) is 55.9 Å². The quantitative estimate of drug-likeness (QED) is 0.279. The van der Waals surface area contributed by atoms with Crippen molar-refractivity contribution in [3.05, 3.63) is 98.1 Å². The molecule has 0 unspecified atom stereocenters. The molecule has 5 heterocycles. The Kier molecular flexibility index (Phi) is 7.17. The summed E-state index contributed by atoms with van der Waals surface area (Å²) in [6.07, 6.45) is 4.63. The molecule has 0 aliphatic carbocycles. The molecule has 6 rings (SSSR count). The van der Waals surface area contributed by atoms with Gasteiger partial charge in [0.05, 0.1) is 25.5 Å². The van der Waals surface area contributed by atoms with Gasteiger partial charge in [0.25, 0.3) is 5.56 Å². The van der Waals surface area contributed by atoms with Crippen molar-refractivity contribution >= 4 is 22.2 Å². The number of nitrogens with one attached hydrogen (secondary N) is 1. The average Bonchev–Trinajstić information content (AvgIpc) is 3.74. The highest BCUT2D eigenvalue weighted by Gasteiger charge is 2.32. The fourth-order valence-electron chi connectivity index (χ4n) is 5.16. The zero-order valence-corrected chi connectivity index (χ0v) is 22.1. The number of tetrazole rings is 1. The summed E-state index contributed by atoms with van der Waals surface area (Å²) in [6, 6.07) is 15.6. The summed E-state index contributed by atoms with van der Waals surface area (Å²) in [4.78, 5) is 20.2. The molecule has 0 bridgehead atoms. The predicted octanol–water partition coefficient (Wildman–Crippen LogP) is 4.70. The molecule has 0 radical (unpaired) electrons. The Bertz CT molecular complexity index is 1500. The van der Waals surface area contributed by atoms with Crippen molar-refractivity contribution in [1.82, 2.24) is 30.1 Å². The molecule has 0 spiro atoms. The van der Waals surface area contributed by atoms with E-state index in [1.807, 2.05) is 30.3 Å². The first-order valence-electron chi connectivity index (χ1n) is 13.0. The van der Waals surface area contributed by atoms with E-state index in [9.17, 15) is 4.79 Å². The summed E-state index contributed by atoms with van der Waals surface area (Å²) in [5.74, 6) is 1.41. The number of benzene rings is 1. The lowest BCUT2D eigenvalue weighted by molar-refractivity contribution is 0.0901. The molecule has 2 atom stereocenters. The molecular weight excluding hydrogens is 500 g/mol. The van der Waals surface area contributed by atoms with Gasteiger partial charge in [-0.1, -0.05) is 19.1 Å². The van der Waals surface area contributed by atoms with E-state index in [0.717, 1.165) is 42.5 Å². The Hall–Kier alpha value is -3.60. The summed E-state index contributed by atoms with van der Waals surface area (Å²) in [5, 5.41) is 15.9. The van der Waals surface area contributed by atoms with Crippen molar-refractivity contribution in [3.63, 3.8) is 0 Å². The van der Waals surface area contributed by atoms with Crippen molar-refractivity contribution in [1.29, 1.82) is 0 Å². The number of aromatic nitrogens is 5. The van der Waals surface area contributed by atoms with Crippen LogP contribution in [0.4, 0.5) is 0 Å². The number of rotatable bonds is 10. The van der Waals surface area contributed by atoms with E-state index in [-0.39, 0.29) is 11.7 Å². The number of ether oxygens (including phenoxy) is 1. The monoisotopic (exact) mass is 530 g/mol. The lowest BCUT2D eigenvalue weighted by atomic mass is 10.0. The number of aryl methyl sites for hydroxylation is 1. The van der Waals surface area contributed by atoms with Crippen LogP contribution in [0.25, 0.3) is 10.9 Å². The number of hydrogen-bond donors (Lipinski definition) is 1. The first-order valence-corrected chi connectivity index (χ1v) is 13.9. The van der Waals surface area contributed by atoms with Crippen LogP contribution >= 0.6 is 11.3 Å². The Morgan fingerprint density at radius 2 is 2.16 bits per heavy atom. The second kappa shape index (κ2) is 11.0. The normalized spacial score (nSPS) is 16.5. The molecule has 1 aliphatic rings. The van der Waals surface area contributed by atoms with Crippen LogP contribution in [0, 0.1) is 0 Å². The van der Waals surface area contributed by atoms with Gasteiger partial charge in [-0.05, 0) is 82.4 Å². The van der Waals surface area contributed by atoms with Gasteiger partial charge in [-0.3, -0.25) is 9.69 Å². The summed E-state index contributed by atoms with van der Waals surface area (Å²) >= 11 is 1.68. The second-order valence-electron chi connectivity index (χ2n) is 9.65. The summed E-state index contributed by atoms with van der Waals surface area (Å²) in [7, 11) is 0. The first-order chi connectivity index (χ1) is 18.7. The van der Waals surface area contributed by atoms with E-state index in [1.54, 1.807) is 22.3 Å². The molecule has 9 nitrogen and oxygen atoms in total. The topological polar surface area (TPSA) is 102 Å². The van der Waals surface area contributed by atoms with E-state index in [1.165, 1.54) is 10.4 Å².